The second-order valence-corrected chi connectivity index (χ2v) is 8.11. The van der Waals surface area contributed by atoms with E-state index in [9.17, 15) is 4.79 Å². The highest BCUT2D eigenvalue weighted by atomic mass is 35.5. The lowest BCUT2D eigenvalue weighted by Gasteiger charge is -2.25. The summed E-state index contributed by atoms with van der Waals surface area (Å²) in [6.07, 6.45) is 0. The van der Waals surface area contributed by atoms with Gasteiger partial charge in [0.25, 0.3) is 0 Å². The van der Waals surface area contributed by atoms with Crippen LogP contribution in [0.2, 0.25) is 10.0 Å². The Balaban J connectivity index is 1.56. The van der Waals surface area contributed by atoms with E-state index in [4.69, 9.17) is 23.2 Å². The van der Waals surface area contributed by atoms with Gasteiger partial charge in [-0.05, 0) is 35.0 Å². The van der Waals surface area contributed by atoms with Crippen LogP contribution in [0.4, 0.5) is 10.5 Å². The highest BCUT2D eigenvalue weighted by molar-refractivity contribution is 7.99. The van der Waals surface area contributed by atoms with Crippen LogP contribution in [0.15, 0.2) is 60.7 Å². The molecule has 4 rings (SSSR count). The van der Waals surface area contributed by atoms with Gasteiger partial charge in [0.15, 0.2) is 0 Å². The average molecular weight is 403 g/mol. The number of hydrogen-bond acceptors (Lipinski definition) is 2. The summed E-state index contributed by atoms with van der Waals surface area (Å²) in [5, 5.41) is 6.32. The van der Waals surface area contributed by atoms with E-state index in [2.05, 4.69) is 11.4 Å². The summed E-state index contributed by atoms with van der Waals surface area (Å²) in [7, 11) is 0. The number of halogens is 2. The minimum atomic E-state index is -0.124. The molecular weight excluding hydrogens is 387 g/mol. The number of nitrogens with one attached hydrogen (secondary N) is 1. The number of benzene rings is 3. The molecule has 0 aliphatic carbocycles. The highest BCUT2D eigenvalue weighted by Gasteiger charge is 2.32. The van der Waals surface area contributed by atoms with Crippen molar-refractivity contribution in [3.8, 4) is 0 Å². The van der Waals surface area contributed by atoms with Gasteiger partial charge in [-0.15, -0.1) is 11.8 Å². The number of carbonyl (C=O) groups is 1. The van der Waals surface area contributed by atoms with Crippen molar-refractivity contribution in [2.45, 2.75) is 5.37 Å². The fourth-order valence-corrected chi connectivity index (χ4v) is 4.97. The number of rotatable bonds is 2. The maximum atomic E-state index is 12.8. The van der Waals surface area contributed by atoms with Gasteiger partial charge >= 0.3 is 6.03 Å². The van der Waals surface area contributed by atoms with Gasteiger partial charge in [0.2, 0.25) is 0 Å². The van der Waals surface area contributed by atoms with Crippen LogP contribution in [-0.2, 0) is 0 Å². The third kappa shape index (κ3) is 3.50. The molecule has 0 spiro atoms. The van der Waals surface area contributed by atoms with Crippen LogP contribution in [0.3, 0.4) is 0 Å². The smallest absolute Gasteiger partial charge is 0.308 e. The second kappa shape index (κ2) is 7.39. The van der Waals surface area contributed by atoms with Crippen molar-refractivity contribution in [1.82, 2.24) is 4.90 Å². The zero-order valence-corrected chi connectivity index (χ0v) is 16.1. The normalized spacial score (nSPS) is 16.8. The number of thioether (sulfide) groups is 1. The van der Waals surface area contributed by atoms with Crippen LogP contribution in [0.25, 0.3) is 10.8 Å². The van der Waals surface area contributed by atoms with E-state index in [1.165, 1.54) is 0 Å². The van der Waals surface area contributed by atoms with Crippen molar-refractivity contribution in [2.75, 3.05) is 17.6 Å². The Morgan fingerprint density at radius 1 is 1.04 bits per heavy atom. The lowest BCUT2D eigenvalue weighted by Crippen LogP contribution is -2.34. The Kier molecular flexibility index (Phi) is 4.98. The molecule has 1 aliphatic heterocycles. The maximum Gasteiger partial charge on any atom is 0.323 e. The molecule has 6 heteroatoms. The van der Waals surface area contributed by atoms with Crippen molar-refractivity contribution in [2.24, 2.45) is 0 Å². The average Bonchev–Trinajstić information content (AvgIpc) is 3.11. The van der Waals surface area contributed by atoms with E-state index in [-0.39, 0.29) is 11.4 Å². The zero-order valence-electron chi connectivity index (χ0n) is 13.8. The number of hydrogen-bond donors (Lipinski definition) is 1. The minimum absolute atomic E-state index is 0.111. The summed E-state index contributed by atoms with van der Waals surface area (Å²) in [6, 6.07) is 19.3. The second-order valence-electron chi connectivity index (χ2n) is 6.07. The molecule has 0 aromatic heterocycles. The summed E-state index contributed by atoms with van der Waals surface area (Å²) >= 11 is 14.0. The SMILES string of the molecule is O=C(Nc1ccc2ccccc2c1)N1CCSC1c1ccc(Cl)cc1Cl. The molecule has 1 N–H and O–H groups in total. The fraction of sp³-hybridized carbons (Fsp3) is 0.150. The molecule has 1 unspecified atom stereocenters. The first-order valence-corrected chi connectivity index (χ1v) is 10.1. The van der Waals surface area contributed by atoms with Gasteiger partial charge in [0.05, 0.1) is 0 Å². The van der Waals surface area contributed by atoms with Crippen LogP contribution in [0.1, 0.15) is 10.9 Å². The topological polar surface area (TPSA) is 32.3 Å². The summed E-state index contributed by atoms with van der Waals surface area (Å²) in [6.45, 7) is 0.674. The van der Waals surface area contributed by atoms with E-state index in [1.807, 2.05) is 47.4 Å². The molecule has 1 saturated heterocycles. The van der Waals surface area contributed by atoms with Gasteiger partial charge in [-0.25, -0.2) is 4.79 Å². The van der Waals surface area contributed by atoms with E-state index in [0.717, 1.165) is 27.8 Å². The minimum Gasteiger partial charge on any atom is -0.308 e. The van der Waals surface area contributed by atoms with Crippen molar-refractivity contribution < 1.29 is 4.79 Å². The number of carbonyl (C=O) groups excluding carboxylic acids is 1. The van der Waals surface area contributed by atoms with Gasteiger partial charge < -0.3 is 10.2 Å². The van der Waals surface area contributed by atoms with Gasteiger partial charge in [0.1, 0.15) is 5.37 Å². The Labute approximate surface area is 166 Å². The van der Waals surface area contributed by atoms with E-state index in [1.54, 1.807) is 23.9 Å². The standard InChI is InChI=1S/C20H16Cl2N2OS/c21-15-6-8-17(18(22)12-15)19-24(9-10-26-19)20(25)23-16-7-5-13-3-1-2-4-14(13)11-16/h1-8,11-12,19H,9-10H2,(H,23,25). The summed E-state index contributed by atoms with van der Waals surface area (Å²) in [5.74, 6) is 0.870. The summed E-state index contributed by atoms with van der Waals surface area (Å²) in [5.41, 5.74) is 1.69. The third-order valence-electron chi connectivity index (χ3n) is 4.38. The predicted molar refractivity (Wildman–Crippen MR) is 111 cm³/mol. The summed E-state index contributed by atoms with van der Waals surface area (Å²) in [4.78, 5) is 14.7. The first-order chi connectivity index (χ1) is 12.6. The quantitative estimate of drug-likeness (QED) is 0.535. The zero-order chi connectivity index (χ0) is 18.1. The van der Waals surface area contributed by atoms with Crippen LogP contribution < -0.4 is 5.32 Å². The van der Waals surface area contributed by atoms with E-state index < -0.39 is 0 Å². The molecule has 0 radical (unpaired) electrons. The van der Waals surface area contributed by atoms with Crippen molar-refractivity contribution in [3.05, 3.63) is 76.3 Å². The van der Waals surface area contributed by atoms with Gasteiger partial charge in [0, 0.05) is 33.6 Å². The van der Waals surface area contributed by atoms with Gasteiger partial charge in [-0.1, -0.05) is 59.6 Å². The van der Waals surface area contributed by atoms with Crippen LogP contribution in [0, 0.1) is 0 Å². The fourth-order valence-electron chi connectivity index (χ4n) is 3.10. The molecule has 1 atom stereocenters. The number of anilines is 1. The number of nitrogens with zero attached hydrogens (tertiary/aromatic N) is 1. The van der Waals surface area contributed by atoms with Crippen LogP contribution >= 0.6 is 35.0 Å². The van der Waals surface area contributed by atoms with Gasteiger partial charge in [-0.2, -0.15) is 0 Å². The van der Waals surface area contributed by atoms with Crippen molar-refractivity contribution in [1.29, 1.82) is 0 Å². The van der Waals surface area contributed by atoms with E-state index >= 15 is 0 Å². The molecule has 0 bridgehead atoms. The molecule has 0 saturated carbocycles. The molecule has 1 heterocycles. The molecule has 2 amide bonds. The third-order valence-corrected chi connectivity index (χ3v) is 6.19. The molecule has 132 valence electrons. The Bertz CT molecular complexity index is 979. The molecule has 3 nitrogen and oxygen atoms in total. The van der Waals surface area contributed by atoms with E-state index in [0.29, 0.717) is 16.6 Å². The highest BCUT2D eigenvalue weighted by Crippen LogP contribution is 2.41. The first-order valence-electron chi connectivity index (χ1n) is 8.25. The molecule has 3 aromatic carbocycles. The number of urea groups is 1. The Morgan fingerprint density at radius 3 is 2.65 bits per heavy atom. The van der Waals surface area contributed by atoms with Crippen LogP contribution in [0.5, 0.6) is 0 Å². The number of fused-ring (bicyclic) bond motifs is 1. The largest absolute Gasteiger partial charge is 0.323 e. The lowest BCUT2D eigenvalue weighted by atomic mass is 10.1. The maximum absolute atomic E-state index is 12.8. The Morgan fingerprint density at radius 2 is 1.85 bits per heavy atom. The first kappa shape index (κ1) is 17.5. The van der Waals surface area contributed by atoms with Gasteiger partial charge in [-0.3, -0.25) is 0 Å². The number of amides is 2. The summed E-state index contributed by atoms with van der Waals surface area (Å²) < 4.78 is 0. The molecular formula is C20H16Cl2N2OS. The Hall–Kier alpha value is -1.88. The molecule has 26 heavy (non-hydrogen) atoms. The monoisotopic (exact) mass is 402 g/mol. The van der Waals surface area contributed by atoms with Crippen molar-refractivity contribution in [3.63, 3.8) is 0 Å². The van der Waals surface area contributed by atoms with Crippen LogP contribution in [-0.4, -0.2) is 23.2 Å². The molecule has 3 aromatic rings. The molecule has 1 aliphatic rings. The lowest BCUT2D eigenvalue weighted by molar-refractivity contribution is 0.214. The van der Waals surface area contributed by atoms with Crippen molar-refractivity contribution >= 4 is 57.5 Å². The predicted octanol–water partition coefficient (Wildman–Crippen LogP) is 6.43. The molecule has 1 fully saturated rings.